The van der Waals surface area contributed by atoms with Crippen LogP contribution in [0.1, 0.15) is 30.0 Å². The Morgan fingerprint density at radius 2 is 1.91 bits per heavy atom. The van der Waals surface area contributed by atoms with Gasteiger partial charge in [0, 0.05) is 48.7 Å². The zero-order chi connectivity index (χ0) is 21.8. The van der Waals surface area contributed by atoms with Crippen LogP contribution < -0.4 is 19.5 Å². The number of anilines is 2. The molecule has 1 N–H and O–H groups in total. The van der Waals surface area contributed by atoms with Gasteiger partial charge in [-0.05, 0) is 43.7 Å². The molecule has 1 saturated heterocycles. The number of aromatic nitrogens is 3. The zero-order valence-electron chi connectivity index (χ0n) is 18.2. The number of methoxy groups -OCH3 is 1. The summed E-state index contributed by atoms with van der Waals surface area (Å²) < 4.78 is 17.1. The van der Waals surface area contributed by atoms with E-state index in [2.05, 4.69) is 32.3 Å². The largest absolute Gasteiger partial charge is 0.496 e. The number of fused-ring (bicyclic) bond motifs is 1. The Morgan fingerprint density at radius 1 is 1.09 bits per heavy atom. The van der Waals surface area contributed by atoms with E-state index in [0.29, 0.717) is 25.1 Å². The van der Waals surface area contributed by atoms with Crippen LogP contribution in [0.4, 0.5) is 11.6 Å². The smallest absolute Gasteiger partial charge is 0.227 e. The number of pyridine rings is 1. The van der Waals surface area contributed by atoms with Crippen molar-refractivity contribution < 1.29 is 14.2 Å². The molecule has 5 rings (SSSR count). The molecule has 0 unspecified atom stereocenters. The average Bonchev–Trinajstić information content (AvgIpc) is 2.85. The molecule has 2 aliphatic heterocycles. The lowest BCUT2D eigenvalue weighted by molar-refractivity contribution is 0.168. The minimum atomic E-state index is 0.397. The van der Waals surface area contributed by atoms with E-state index in [9.17, 15) is 0 Å². The Balaban J connectivity index is 1.26. The molecule has 8 heteroatoms. The fourth-order valence-electron chi connectivity index (χ4n) is 4.32. The summed E-state index contributed by atoms with van der Waals surface area (Å²) in [5.74, 6) is 3.36. The number of hydrogen-bond donors (Lipinski definition) is 1. The Kier molecular flexibility index (Phi) is 6.02. The molecule has 2 aromatic heterocycles. The molecule has 0 amide bonds. The molecule has 3 aromatic rings. The van der Waals surface area contributed by atoms with Gasteiger partial charge >= 0.3 is 0 Å². The second-order valence-corrected chi connectivity index (χ2v) is 8.05. The van der Waals surface area contributed by atoms with Gasteiger partial charge < -0.3 is 19.5 Å². The van der Waals surface area contributed by atoms with Crippen LogP contribution in [0.25, 0.3) is 0 Å². The van der Waals surface area contributed by atoms with E-state index in [1.54, 1.807) is 25.6 Å². The van der Waals surface area contributed by atoms with E-state index >= 15 is 0 Å². The summed E-state index contributed by atoms with van der Waals surface area (Å²) in [6.07, 6.45) is 7.55. The van der Waals surface area contributed by atoms with Crippen molar-refractivity contribution in [2.45, 2.75) is 25.3 Å². The van der Waals surface area contributed by atoms with Gasteiger partial charge in [0.2, 0.25) is 5.95 Å². The summed E-state index contributed by atoms with van der Waals surface area (Å²) in [5, 5.41) is 3.18. The van der Waals surface area contributed by atoms with Crippen LogP contribution in [0.3, 0.4) is 0 Å². The molecule has 32 heavy (non-hydrogen) atoms. The van der Waals surface area contributed by atoms with Crippen molar-refractivity contribution in [2.24, 2.45) is 0 Å². The van der Waals surface area contributed by atoms with Crippen molar-refractivity contribution in [3.05, 3.63) is 60.2 Å². The Labute approximate surface area is 187 Å². The third kappa shape index (κ3) is 4.60. The number of likely N-dealkylation sites (tertiary alicyclic amines) is 1. The molecule has 1 fully saturated rings. The fourth-order valence-corrected chi connectivity index (χ4v) is 4.32. The molecular weight excluding hydrogens is 406 g/mol. The van der Waals surface area contributed by atoms with Crippen molar-refractivity contribution in [3.63, 3.8) is 0 Å². The number of hydrogen-bond acceptors (Lipinski definition) is 8. The summed E-state index contributed by atoms with van der Waals surface area (Å²) in [6, 6.07) is 9.93. The Bertz CT molecular complexity index is 1050. The van der Waals surface area contributed by atoms with Crippen molar-refractivity contribution in [2.75, 3.05) is 38.7 Å². The molecule has 0 bridgehead atoms. The SMILES string of the molecule is COc1cc2c(cc1CN1CCC[C@@H](c3ccc(Nc4ncccn4)cn3)C1)OCCO2. The third-order valence-electron chi connectivity index (χ3n) is 5.87. The quantitative estimate of drug-likeness (QED) is 0.629. The molecule has 8 nitrogen and oxygen atoms in total. The van der Waals surface area contributed by atoms with Gasteiger partial charge in [-0.15, -0.1) is 0 Å². The van der Waals surface area contributed by atoms with Crippen LogP contribution in [-0.4, -0.2) is 53.3 Å². The van der Waals surface area contributed by atoms with Crippen LogP contribution >= 0.6 is 0 Å². The molecule has 0 radical (unpaired) electrons. The highest BCUT2D eigenvalue weighted by molar-refractivity contribution is 5.52. The van der Waals surface area contributed by atoms with Gasteiger partial charge in [-0.25, -0.2) is 9.97 Å². The second-order valence-electron chi connectivity index (χ2n) is 8.05. The lowest BCUT2D eigenvalue weighted by atomic mass is 9.94. The van der Waals surface area contributed by atoms with Gasteiger partial charge in [-0.3, -0.25) is 9.88 Å². The minimum Gasteiger partial charge on any atom is -0.496 e. The highest BCUT2D eigenvalue weighted by Crippen LogP contribution is 2.38. The zero-order valence-corrected chi connectivity index (χ0v) is 18.2. The van der Waals surface area contributed by atoms with E-state index in [1.165, 1.54) is 0 Å². The predicted octanol–water partition coefficient (Wildman–Crippen LogP) is 3.77. The highest BCUT2D eigenvalue weighted by atomic mass is 16.6. The monoisotopic (exact) mass is 433 g/mol. The van der Waals surface area contributed by atoms with Crippen molar-refractivity contribution >= 4 is 11.6 Å². The molecule has 0 aliphatic carbocycles. The van der Waals surface area contributed by atoms with Gasteiger partial charge in [0.25, 0.3) is 0 Å². The van der Waals surface area contributed by atoms with E-state index in [4.69, 9.17) is 19.2 Å². The number of benzene rings is 1. The number of piperidine rings is 1. The number of nitrogens with zero attached hydrogens (tertiary/aromatic N) is 4. The molecule has 0 spiro atoms. The molecule has 0 saturated carbocycles. The molecule has 2 aliphatic rings. The Hall–Kier alpha value is -3.39. The third-order valence-corrected chi connectivity index (χ3v) is 5.87. The van der Waals surface area contributed by atoms with E-state index in [1.807, 2.05) is 18.3 Å². The first kappa shape index (κ1) is 20.5. The summed E-state index contributed by atoms with van der Waals surface area (Å²) in [5.41, 5.74) is 3.12. The van der Waals surface area contributed by atoms with E-state index in [0.717, 1.165) is 66.7 Å². The van der Waals surface area contributed by atoms with Crippen molar-refractivity contribution in [1.29, 1.82) is 0 Å². The maximum absolute atomic E-state index is 5.77. The maximum atomic E-state index is 5.77. The van der Waals surface area contributed by atoms with Crippen LogP contribution in [-0.2, 0) is 6.54 Å². The van der Waals surface area contributed by atoms with Crippen molar-refractivity contribution in [1.82, 2.24) is 19.9 Å². The van der Waals surface area contributed by atoms with Gasteiger partial charge in [0.15, 0.2) is 11.5 Å². The maximum Gasteiger partial charge on any atom is 0.227 e. The first-order chi connectivity index (χ1) is 15.8. The minimum absolute atomic E-state index is 0.397. The first-order valence-electron chi connectivity index (χ1n) is 11.0. The summed E-state index contributed by atoms with van der Waals surface area (Å²) >= 11 is 0. The lowest BCUT2D eigenvalue weighted by Crippen LogP contribution is -2.34. The van der Waals surface area contributed by atoms with E-state index < -0.39 is 0 Å². The summed E-state index contributed by atoms with van der Waals surface area (Å²) in [7, 11) is 1.70. The fraction of sp³-hybridized carbons (Fsp3) is 0.375. The van der Waals surface area contributed by atoms with Gasteiger partial charge in [0.05, 0.1) is 19.0 Å². The van der Waals surface area contributed by atoms with Crippen LogP contribution in [0.2, 0.25) is 0 Å². The number of nitrogens with one attached hydrogen (secondary N) is 1. The summed E-state index contributed by atoms with van der Waals surface area (Å²) in [4.78, 5) is 15.6. The Morgan fingerprint density at radius 3 is 2.66 bits per heavy atom. The summed E-state index contributed by atoms with van der Waals surface area (Å²) in [6.45, 7) is 3.97. The van der Waals surface area contributed by atoms with Gasteiger partial charge in [0.1, 0.15) is 19.0 Å². The van der Waals surface area contributed by atoms with Crippen LogP contribution in [0.15, 0.2) is 48.9 Å². The standard InChI is InChI=1S/C24H27N5O3/c1-30-21-13-23-22(31-10-11-32-23)12-18(21)16-29-9-2-4-17(15-29)20-6-5-19(14-27-20)28-24-25-7-3-8-26-24/h3,5-8,12-14,17H,2,4,9-11,15-16H2,1H3,(H,25,26,28)/t17-/m1/s1. The topological polar surface area (TPSA) is 81.6 Å². The molecular formula is C24H27N5O3. The van der Waals surface area contributed by atoms with Crippen LogP contribution in [0.5, 0.6) is 17.2 Å². The molecule has 4 heterocycles. The lowest BCUT2D eigenvalue weighted by Gasteiger charge is -2.33. The highest BCUT2D eigenvalue weighted by Gasteiger charge is 2.24. The predicted molar refractivity (Wildman–Crippen MR) is 121 cm³/mol. The normalized spacial score (nSPS) is 18.2. The number of rotatable bonds is 6. The van der Waals surface area contributed by atoms with E-state index in [-0.39, 0.29) is 0 Å². The van der Waals surface area contributed by atoms with Crippen LogP contribution in [0, 0.1) is 0 Å². The first-order valence-corrected chi connectivity index (χ1v) is 11.0. The van der Waals surface area contributed by atoms with Gasteiger partial charge in [-0.2, -0.15) is 0 Å². The second kappa shape index (κ2) is 9.40. The molecule has 1 aromatic carbocycles. The molecule has 1 atom stereocenters. The molecule has 166 valence electrons. The van der Waals surface area contributed by atoms with Gasteiger partial charge in [-0.1, -0.05) is 0 Å². The number of ether oxygens (including phenoxy) is 3. The van der Waals surface area contributed by atoms with Crippen molar-refractivity contribution in [3.8, 4) is 17.2 Å². The average molecular weight is 434 g/mol.